The fourth-order valence-corrected chi connectivity index (χ4v) is 5.32. The van der Waals surface area contributed by atoms with E-state index in [-0.39, 0.29) is 24.8 Å². The third-order valence-electron chi connectivity index (χ3n) is 5.90. The van der Waals surface area contributed by atoms with E-state index in [1.54, 1.807) is 13.2 Å². The SMILES string of the molecule is COc1cc(CNC2CN3CCC2CC3)cc(Br)c1OCc1ccc(Cl)cc1Cl.Cl.Cl. The standard InChI is InChI=1S/C22H25BrCl2N2O2.2ClH/c1-28-21-9-14(11-26-20-12-27-6-4-15(20)5-7-27)8-18(23)22(21)29-13-16-2-3-17(24)10-19(16)25;;/h2-3,8-10,15,20,26H,4-7,11-13H2,1H3;2*1H. The van der Waals surface area contributed by atoms with Crippen LogP contribution in [0.2, 0.25) is 10.0 Å². The quantitative estimate of drug-likeness (QED) is 0.418. The molecular formula is C22H27BrCl4N2O2. The monoisotopic (exact) mass is 570 g/mol. The van der Waals surface area contributed by atoms with E-state index in [9.17, 15) is 0 Å². The number of halogens is 5. The summed E-state index contributed by atoms with van der Waals surface area (Å²) in [7, 11) is 1.66. The number of hydrogen-bond donors (Lipinski definition) is 1. The molecule has 0 amide bonds. The number of methoxy groups -OCH3 is 1. The topological polar surface area (TPSA) is 33.7 Å². The van der Waals surface area contributed by atoms with Crippen molar-refractivity contribution in [1.82, 2.24) is 10.2 Å². The first-order chi connectivity index (χ1) is 14.0. The van der Waals surface area contributed by atoms with Gasteiger partial charge in [0, 0.05) is 34.7 Å². The van der Waals surface area contributed by atoms with Gasteiger partial charge in [-0.15, -0.1) is 24.8 Å². The Balaban J connectivity index is 0.00000171. The maximum Gasteiger partial charge on any atom is 0.175 e. The Morgan fingerprint density at radius 3 is 2.48 bits per heavy atom. The maximum atomic E-state index is 6.26. The van der Waals surface area contributed by atoms with Crippen LogP contribution in [0.1, 0.15) is 24.0 Å². The molecule has 1 atom stereocenters. The summed E-state index contributed by atoms with van der Waals surface area (Å²) in [6.45, 7) is 4.82. The predicted octanol–water partition coefficient (Wildman–Crippen LogP) is 6.37. The van der Waals surface area contributed by atoms with E-state index in [1.165, 1.54) is 31.5 Å². The van der Waals surface area contributed by atoms with Gasteiger partial charge in [0.05, 0.1) is 11.6 Å². The van der Waals surface area contributed by atoms with Crippen molar-refractivity contribution in [3.8, 4) is 11.5 Å². The molecule has 3 fully saturated rings. The minimum atomic E-state index is 0. The van der Waals surface area contributed by atoms with E-state index < -0.39 is 0 Å². The molecule has 0 radical (unpaired) electrons. The molecule has 5 rings (SSSR count). The average molecular weight is 573 g/mol. The summed E-state index contributed by atoms with van der Waals surface area (Å²) < 4.78 is 12.5. The van der Waals surface area contributed by atoms with Crippen LogP contribution in [-0.4, -0.2) is 37.7 Å². The van der Waals surface area contributed by atoms with Gasteiger partial charge >= 0.3 is 0 Å². The second-order valence-electron chi connectivity index (χ2n) is 7.76. The Labute approximate surface area is 214 Å². The largest absolute Gasteiger partial charge is 0.493 e. The van der Waals surface area contributed by atoms with E-state index >= 15 is 0 Å². The zero-order chi connectivity index (χ0) is 20.4. The molecule has 3 heterocycles. The number of hydrogen-bond acceptors (Lipinski definition) is 4. The lowest BCUT2D eigenvalue weighted by Gasteiger charge is -2.45. The van der Waals surface area contributed by atoms with Crippen LogP contribution in [0.15, 0.2) is 34.8 Å². The summed E-state index contributed by atoms with van der Waals surface area (Å²) in [5, 5.41) is 4.95. The number of nitrogens with one attached hydrogen (secondary N) is 1. The number of fused-ring (bicyclic) bond motifs is 3. The van der Waals surface area contributed by atoms with Crippen molar-refractivity contribution in [2.24, 2.45) is 5.92 Å². The minimum Gasteiger partial charge on any atom is -0.493 e. The van der Waals surface area contributed by atoms with Crippen LogP contribution in [0.25, 0.3) is 0 Å². The lowest BCUT2D eigenvalue weighted by Crippen LogP contribution is -2.55. The van der Waals surface area contributed by atoms with Gasteiger partial charge in [0.15, 0.2) is 11.5 Å². The third-order valence-corrected chi connectivity index (χ3v) is 7.08. The van der Waals surface area contributed by atoms with Gasteiger partial charge in [-0.05, 0) is 77.6 Å². The number of benzene rings is 2. The lowest BCUT2D eigenvalue weighted by atomic mass is 9.84. The fourth-order valence-electron chi connectivity index (χ4n) is 4.25. The molecule has 0 saturated carbocycles. The van der Waals surface area contributed by atoms with Gasteiger partial charge in [-0.1, -0.05) is 29.3 Å². The molecule has 9 heteroatoms. The molecule has 4 nitrogen and oxygen atoms in total. The molecule has 1 unspecified atom stereocenters. The Morgan fingerprint density at radius 2 is 1.87 bits per heavy atom. The van der Waals surface area contributed by atoms with Crippen LogP contribution in [0.3, 0.4) is 0 Å². The van der Waals surface area contributed by atoms with Crippen LogP contribution >= 0.6 is 63.9 Å². The molecule has 2 aromatic carbocycles. The number of rotatable bonds is 7. The highest BCUT2D eigenvalue weighted by Crippen LogP contribution is 2.38. The predicted molar refractivity (Wildman–Crippen MR) is 136 cm³/mol. The van der Waals surface area contributed by atoms with Crippen molar-refractivity contribution < 1.29 is 9.47 Å². The smallest absolute Gasteiger partial charge is 0.175 e. The molecule has 3 saturated heterocycles. The second-order valence-corrected chi connectivity index (χ2v) is 9.46. The van der Waals surface area contributed by atoms with Crippen molar-refractivity contribution in [3.63, 3.8) is 0 Å². The second kappa shape index (κ2) is 12.2. The van der Waals surface area contributed by atoms with Gasteiger partial charge in [0.1, 0.15) is 6.61 Å². The fraction of sp³-hybridized carbons (Fsp3) is 0.455. The Kier molecular flexibility index (Phi) is 10.5. The molecule has 2 aromatic rings. The summed E-state index contributed by atoms with van der Waals surface area (Å²) in [6.07, 6.45) is 2.62. The zero-order valence-corrected chi connectivity index (χ0v) is 21.9. The van der Waals surface area contributed by atoms with Gasteiger partial charge in [0.25, 0.3) is 0 Å². The normalized spacial score (nSPS) is 21.7. The highest BCUT2D eigenvalue weighted by atomic mass is 79.9. The Morgan fingerprint density at radius 1 is 1.13 bits per heavy atom. The minimum absolute atomic E-state index is 0. The number of piperidine rings is 3. The molecule has 1 N–H and O–H groups in total. The summed E-state index contributed by atoms with van der Waals surface area (Å²) in [5.41, 5.74) is 2.04. The molecule has 0 aliphatic carbocycles. The van der Waals surface area contributed by atoms with Gasteiger partial charge in [-0.25, -0.2) is 0 Å². The van der Waals surface area contributed by atoms with Crippen LogP contribution in [0, 0.1) is 5.92 Å². The first kappa shape index (κ1) is 26.8. The highest BCUT2D eigenvalue weighted by molar-refractivity contribution is 9.10. The molecular weight excluding hydrogens is 546 g/mol. The van der Waals surface area contributed by atoms with Gasteiger partial charge in [-0.2, -0.15) is 0 Å². The Bertz CT molecular complexity index is 879. The van der Waals surface area contributed by atoms with Crippen molar-refractivity contribution in [2.75, 3.05) is 26.7 Å². The summed E-state index contributed by atoms with van der Waals surface area (Å²) >= 11 is 15.9. The molecule has 0 spiro atoms. The first-order valence-corrected chi connectivity index (χ1v) is 11.5. The summed E-state index contributed by atoms with van der Waals surface area (Å²) in [5.74, 6) is 2.18. The van der Waals surface area contributed by atoms with E-state index in [0.29, 0.717) is 34.2 Å². The van der Waals surface area contributed by atoms with E-state index in [1.807, 2.05) is 18.2 Å². The summed E-state index contributed by atoms with van der Waals surface area (Å²) in [6, 6.07) is 10.1. The zero-order valence-electron chi connectivity index (χ0n) is 17.2. The van der Waals surface area contributed by atoms with Crippen LogP contribution in [-0.2, 0) is 13.2 Å². The number of ether oxygens (including phenoxy) is 2. The molecule has 0 aromatic heterocycles. The molecule has 2 bridgehead atoms. The van der Waals surface area contributed by atoms with Crippen molar-refractivity contribution in [1.29, 1.82) is 0 Å². The van der Waals surface area contributed by atoms with Crippen molar-refractivity contribution in [3.05, 3.63) is 56.0 Å². The van der Waals surface area contributed by atoms with Gasteiger partial charge < -0.3 is 19.7 Å². The van der Waals surface area contributed by atoms with Crippen LogP contribution in [0.4, 0.5) is 0 Å². The first-order valence-electron chi connectivity index (χ1n) is 9.92. The Hall–Kier alpha value is -0.400. The highest BCUT2D eigenvalue weighted by Gasteiger charge is 2.33. The molecule has 31 heavy (non-hydrogen) atoms. The van der Waals surface area contributed by atoms with E-state index in [0.717, 1.165) is 29.0 Å². The molecule has 3 aliphatic heterocycles. The third kappa shape index (κ3) is 6.57. The van der Waals surface area contributed by atoms with Crippen LogP contribution in [0.5, 0.6) is 11.5 Å². The van der Waals surface area contributed by atoms with Crippen molar-refractivity contribution in [2.45, 2.75) is 32.0 Å². The molecule has 3 aliphatic rings. The summed E-state index contributed by atoms with van der Waals surface area (Å²) in [4.78, 5) is 2.56. The van der Waals surface area contributed by atoms with E-state index in [2.05, 4.69) is 32.2 Å². The van der Waals surface area contributed by atoms with E-state index in [4.69, 9.17) is 32.7 Å². The lowest BCUT2D eigenvalue weighted by molar-refractivity contribution is 0.0720. The van der Waals surface area contributed by atoms with Gasteiger partial charge in [-0.3, -0.25) is 0 Å². The van der Waals surface area contributed by atoms with Crippen molar-refractivity contribution >= 4 is 63.9 Å². The van der Waals surface area contributed by atoms with Crippen LogP contribution < -0.4 is 14.8 Å². The maximum absolute atomic E-state index is 6.26. The average Bonchev–Trinajstić information content (AvgIpc) is 2.73. The number of nitrogens with zero attached hydrogens (tertiary/aromatic N) is 1. The molecule has 172 valence electrons. The van der Waals surface area contributed by atoms with Gasteiger partial charge in [0.2, 0.25) is 0 Å².